The Morgan fingerprint density at radius 1 is 0.939 bits per heavy atom. The maximum atomic E-state index is 12.7. The zero-order chi connectivity index (χ0) is 25.7. The van der Waals surface area contributed by atoms with Crippen LogP contribution in [0, 0.1) is 11.8 Å². The predicted octanol–water partition coefficient (Wildman–Crippen LogP) is -2.40. The maximum Gasteiger partial charge on any atom is 0.326 e. The molecular formula is C20H39N7O6. The predicted molar refractivity (Wildman–Crippen MR) is 123 cm³/mol. The average molecular weight is 474 g/mol. The molecule has 0 aliphatic carbocycles. The maximum absolute atomic E-state index is 12.7. The topological polar surface area (TPSA) is 235 Å². The molecule has 190 valence electrons. The van der Waals surface area contributed by atoms with Gasteiger partial charge in [0.05, 0.1) is 12.6 Å². The molecule has 0 aliphatic heterocycles. The van der Waals surface area contributed by atoms with Crippen LogP contribution in [0.15, 0.2) is 4.99 Å². The molecule has 0 aromatic heterocycles. The number of aliphatic hydroxyl groups is 1. The van der Waals surface area contributed by atoms with Crippen molar-refractivity contribution in [1.29, 1.82) is 0 Å². The fourth-order valence-corrected chi connectivity index (χ4v) is 2.84. The van der Waals surface area contributed by atoms with Crippen LogP contribution in [0.3, 0.4) is 0 Å². The monoisotopic (exact) mass is 473 g/mol. The van der Waals surface area contributed by atoms with Gasteiger partial charge in [-0.15, -0.1) is 0 Å². The number of rotatable bonds is 15. The largest absolute Gasteiger partial charge is 0.480 e. The van der Waals surface area contributed by atoms with Gasteiger partial charge in [-0.2, -0.15) is 0 Å². The van der Waals surface area contributed by atoms with Crippen LogP contribution in [-0.4, -0.2) is 77.2 Å². The molecule has 0 radical (unpaired) electrons. The van der Waals surface area contributed by atoms with Crippen molar-refractivity contribution in [2.75, 3.05) is 13.2 Å². The summed E-state index contributed by atoms with van der Waals surface area (Å²) in [5, 5.41) is 26.2. The number of nitrogens with two attached hydrogens (primary N) is 3. The number of nitrogens with one attached hydrogen (secondary N) is 3. The van der Waals surface area contributed by atoms with E-state index in [0.29, 0.717) is 19.4 Å². The van der Waals surface area contributed by atoms with Crippen LogP contribution in [0.5, 0.6) is 0 Å². The van der Waals surface area contributed by atoms with Gasteiger partial charge in [0.15, 0.2) is 5.96 Å². The van der Waals surface area contributed by atoms with Gasteiger partial charge in [-0.1, -0.05) is 34.1 Å². The third kappa shape index (κ3) is 11.0. The standard InChI is InChI=1S/C20H39N7O6/c1-5-11(4)15(19(32)33)27-17(30)13(9-28)25-18(31)14(10(2)3)26-16(29)12(21)7-6-8-24-20(22)23/h10-15,28H,5-9,21H2,1-4H3,(H,25,31)(H,26,29)(H,27,30)(H,32,33)(H4,22,23,24). The number of hydrogen-bond acceptors (Lipinski definition) is 7. The summed E-state index contributed by atoms with van der Waals surface area (Å²) in [5.41, 5.74) is 16.3. The number of carbonyl (C=O) groups is 4. The fraction of sp³-hybridized carbons (Fsp3) is 0.750. The highest BCUT2D eigenvalue weighted by Gasteiger charge is 2.32. The quantitative estimate of drug-likeness (QED) is 0.0717. The van der Waals surface area contributed by atoms with Gasteiger partial charge < -0.3 is 43.4 Å². The van der Waals surface area contributed by atoms with E-state index in [1.807, 2.05) is 0 Å². The summed E-state index contributed by atoms with van der Waals surface area (Å²) >= 11 is 0. The van der Waals surface area contributed by atoms with E-state index in [1.54, 1.807) is 27.7 Å². The highest BCUT2D eigenvalue weighted by Crippen LogP contribution is 2.09. The molecule has 0 fully saturated rings. The molecule has 0 spiro atoms. The van der Waals surface area contributed by atoms with Crippen LogP contribution in [0.1, 0.15) is 47.0 Å². The first-order valence-electron chi connectivity index (χ1n) is 10.9. The Morgan fingerprint density at radius 3 is 1.97 bits per heavy atom. The van der Waals surface area contributed by atoms with Crippen LogP contribution >= 0.6 is 0 Å². The van der Waals surface area contributed by atoms with E-state index < -0.39 is 54.5 Å². The van der Waals surface area contributed by atoms with Crippen molar-refractivity contribution in [2.24, 2.45) is 34.0 Å². The van der Waals surface area contributed by atoms with Crippen LogP contribution in [-0.2, 0) is 19.2 Å². The summed E-state index contributed by atoms with van der Waals surface area (Å²) in [4.78, 5) is 52.9. The minimum atomic E-state index is -1.39. The van der Waals surface area contributed by atoms with E-state index in [1.165, 1.54) is 0 Å². The summed E-state index contributed by atoms with van der Waals surface area (Å²) in [6.45, 7) is 6.36. The normalized spacial score (nSPS) is 15.5. The van der Waals surface area contributed by atoms with Crippen molar-refractivity contribution in [3.8, 4) is 0 Å². The number of guanidine groups is 1. The molecule has 0 bridgehead atoms. The second-order valence-corrected chi connectivity index (χ2v) is 8.24. The molecule has 0 saturated carbocycles. The number of nitrogens with zero attached hydrogens (tertiary/aromatic N) is 1. The molecule has 5 unspecified atom stereocenters. The number of aliphatic imine (C=N–C) groups is 1. The lowest BCUT2D eigenvalue weighted by atomic mass is 9.98. The van der Waals surface area contributed by atoms with Crippen LogP contribution in [0.25, 0.3) is 0 Å². The van der Waals surface area contributed by atoms with Gasteiger partial charge in [-0.3, -0.25) is 19.4 Å². The number of aliphatic carboxylic acids is 1. The van der Waals surface area contributed by atoms with Crippen LogP contribution in [0.4, 0.5) is 0 Å². The summed E-state index contributed by atoms with van der Waals surface area (Å²) in [6.07, 6.45) is 1.24. The van der Waals surface area contributed by atoms with E-state index in [-0.39, 0.29) is 24.2 Å². The molecule has 0 saturated heterocycles. The summed E-state index contributed by atoms with van der Waals surface area (Å²) < 4.78 is 0. The third-order valence-electron chi connectivity index (χ3n) is 5.14. The molecule has 33 heavy (non-hydrogen) atoms. The van der Waals surface area contributed by atoms with Crippen molar-refractivity contribution in [2.45, 2.75) is 71.1 Å². The lowest BCUT2D eigenvalue weighted by Crippen LogP contribution is -2.59. The van der Waals surface area contributed by atoms with Crippen LogP contribution < -0.4 is 33.2 Å². The Hall–Kier alpha value is -2.93. The lowest BCUT2D eigenvalue weighted by molar-refractivity contribution is -0.144. The van der Waals surface area contributed by atoms with E-state index in [9.17, 15) is 29.4 Å². The van der Waals surface area contributed by atoms with Crippen molar-refractivity contribution >= 4 is 29.7 Å². The number of hydrogen-bond donors (Lipinski definition) is 8. The molecule has 5 atom stereocenters. The zero-order valence-corrected chi connectivity index (χ0v) is 19.7. The van der Waals surface area contributed by atoms with Gasteiger partial charge >= 0.3 is 5.97 Å². The molecule has 13 heteroatoms. The smallest absolute Gasteiger partial charge is 0.326 e. The minimum Gasteiger partial charge on any atom is -0.480 e. The van der Waals surface area contributed by atoms with Gasteiger partial charge in [-0.05, 0) is 24.7 Å². The number of carboxylic acid groups (broad SMARTS) is 1. The SMILES string of the molecule is CCC(C)C(NC(=O)C(CO)NC(=O)C(NC(=O)C(N)CCCN=C(N)N)C(C)C)C(=O)O. The molecule has 0 heterocycles. The van der Waals surface area contributed by atoms with Crippen molar-refractivity contribution in [3.63, 3.8) is 0 Å². The summed E-state index contributed by atoms with van der Waals surface area (Å²) in [6, 6.07) is -4.51. The summed E-state index contributed by atoms with van der Waals surface area (Å²) in [7, 11) is 0. The van der Waals surface area contributed by atoms with Crippen molar-refractivity contribution in [1.82, 2.24) is 16.0 Å². The average Bonchev–Trinajstić information content (AvgIpc) is 2.74. The molecule has 11 N–H and O–H groups in total. The van der Waals surface area contributed by atoms with Crippen LogP contribution in [0.2, 0.25) is 0 Å². The molecule has 0 rings (SSSR count). The number of amides is 3. The first-order chi connectivity index (χ1) is 15.3. The first kappa shape index (κ1) is 30.1. The van der Waals surface area contributed by atoms with Gasteiger partial charge in [0.1, 0.15) is 18.1 Å². The Balaban J connectivity index is 5.10. The molecule has 3 amide bonds. The minimum absolute atomic E-state index is 0.0640. The third-order valence-corrected chi connectivity index (χ3v) is 5.14. The molecule has 13 nitrogen and oxygen atoms in total. The second kappa shape index (κ2) is 15.0. The van der Waals surface area contributed by atoms with Gasteiger partial charge in [0.2, 0.25) is 17.7 Å². The molecule has 0 aromatic carbocycles. The highest BCUT2D eigenvalue weighted by molar-refractivity contribution is 5.94. The highest BCUT2D eigenvalue weighted by atomic mass is 16.4. The molecule has 0 aromatic rings. The van der Waals surface area contributed by atoms with E-state index in [0.717, 1.165) is 0 Å². The Morgan fingerprint density at radius 2 is 1.52 bits per heavy atom. The van der Waals surface area contributed by atoms with Gasteiger partial charge in [0, 0.05) is 6.54 Å². The fourth-order valence-electron chi connectivity index (χ4n) is 2.84. The zero-order valence-electron chi connectivity index (χ0n) is 19.7. The second-order valence-electron chi connectivity index (χ2n) is 8.24. The van der Waals surface area contributed by atoms with Gasteiger partial charge in [-0.25, -0.2) is 4.79 Å². The Kier molecular flexibility index (Phi) is 13.7. The summed E-state index contributed by atoms with van der Waals surface area (Å²) in [5.74, 6) is -4.14. The molecular weight excluding hydrogens is 434 g/mol. The molecule has 0 aliphatic rings. The Labute approximate surface area is 193 Å². The van der Waals surface area contributed by atoms with Crippen molar-refractivity contribution in [3.05, 3.63) is 0 Å². The van der Waals surface area contributed by atoms with E-state index in [2.05, 4.69) is 20.9 Å². The van der Waals surface area contributed by atoms with Crippen molar-refractivity contribution < 1.29 is 29.4 Å². The first-order valence-corrected chi connectivity index (χ1v) is 10.9. The van der Waals surface area contributed by atoms with E-state index >= 15 is 0 Å². The number of carbonyl (C=O) groups excluding carboxylic acids is 3. The lowest BCUT2D eigenvalue weighted by Gasteiger charge is -2.27. The number of carboxylic acids is 1. The Bertz CT molecular complexity index is 696. The number of aliphatic hydroxyl groups excluding tert-OH is 1. The van der Waals surface area contributed by atoms with E-state index in [4.69, 9.17) is 17.2 Å². The van der Waals surface area contributed by atoms with Gasteiger partial charge in [0.25, 0.3) is 0 Å².